The summed E-state index contributed by atoms with van der Waals surface area (Å²) in [6.45, 7) is 17.7. The maximum atomic E-state index is 6.40. The van der Waals surface area contributed by atoms with Crippen molar-refractivity contribution in [2.45, 2.75) is 52.6 Å². The second-order valence-electron chi connectivity index (χ2n) is 8.16. The summed E-state index contributed by atoms with van der Waals surface area (Å²) in [6, 6.07) is 7.89. The first kappa shape index (κ1) is 23.2. The van der Waals surface area contributed by atoms with Crippen LogP contribution in [-0.4, -0.2) is 10.6 Å². The van der Waals surface area contributed by atoms with Gasteiger partial charge in [0.05, 0.1) is 10.7 Å². The van der Waals surface area contributed by atoms with Gasteiger partial charge in [0.25, 0.3) is 0 Å². The number of unbranched alkanes of at least 4 members (excludes halogenated alkanes) is 1. The Balaban J connectivity index is 1.89. The largest absolute Gasteiger partial charge is 0.236 e. The molecule has 30 heavy (non-hydrogen) atoms. The molecule has 3 unspecified atom stereocenters. The molecule has 1 aliphatic carbocycles. The molecule has 1 aromatic carbocycles. The first-order valence-electron chi connectivity index (χ1n) is 10.6. The fourth-order valence-electron chi connectivity index (χ4n) is 4.05. The van der Waals surface area contributed by atoms with Crippen molar-refractivity contribution in [3.8, 4) is 10.6 Å². The van der Waals surface area contributed by atoms with Gasteiger partial charge in [-0.1, -0.05) is 89.4 Å². The van der Waals surface area contributed by atoms with E-state index in [9.17, 15) is 0 Å². The number of aromatic nitrogens is 1. The van der Waals surface area contributed by atoms with Gasteiger partial charge in [0.2, 0.25) is 0 Å². The lowest BCUT2D eigenvalue weighted by atomic mass is 9.89. The Hall–Kier alpha value is -1.47. The topological polar surface area (TPSA) is 12.9 Å². The lowest BCUT2D eigenvalue weighted by Gasteiger charge is -2.17. The predicted molar refractivity (Wildman–Crippen MR) is 138 cm³/mol. The van der Waals surface area contributed by atoms with E-state index in [0.29, 0.717) is 5.66 Å². The molecule has 3 rings (SSSR count). The standard InChI is InChI=1S/C26H31ClNPS/c1-7-8-11-17(4)29-19(6)21-14-22(25(16(2)3)18(21)5)24-15-30-26(28-24)20-12-9-10-13-23(20)27/h9-10,12-15,17,25,29H,2,6-8,11H2,1,3-5H3. The van der Waals surface area contributed by atoms with Crippen LogP contribution in [0.4, 0.5) is 0 Å². The number of nitrogens with zero attached hydrogens (tertiary/aromatic N) is 1. The molecule has 2 aromatic rings. The smallest absolute Gasteiger partial charge is 0.125 e. The molecule has 4 heteroatoms. The molecule has 158 valence electrons. The van der Waals surface area contributed by atoms with E-state index < -0.39 is 0 Å². The molecule has 1 aliphatic rings. The zero-order chi connectivity index (χ0) is 21.8. The van der Waals surface area contributed by atoms with Crippen molar-refractivity contribution in [2.24, 2.45) is 5.92 Å². The fourth-order valence-corrected chi connectivity index (χ4v) is 6.56. The Kier molecular flexibility index (Phi) is 7.91. The van der Waals surface area contributed by atoms with Gasteiger partial charge in [-0.25, -0.2) is 4.98 Å². The third-order valence-corrected chi connectivity index (χ3v) is 8.21. The molecule has 1 aromatic heterocycles. The molecular weight excluding hydrogens is 425 g/mol. The fraction of sp³-hybridized carbons (Fsp3) is 0.346. The zero-order valence-electron chi connectivity index (χ0n) is 18.4. The number of allylic oxidation sites excluding steroid dienone is 6. The van der Waals surface area contributed by atoms with Crippen LogP contribution in [0.25, 0.3) is 16.1 Å². The van der Waals surface area contributed by atoms with E-state index in [1.54, 1.807) is 11.3 Å². The average molecular weight is 456 g/mol. The second kappa shape index (κ2) is 10.2. The quantitative estimate of drug-likeness (QED) is 0.271. The third kappa shape index (κ3) is 5.05. The highest BCUT2D eigenvalue weighted by Gasteiger charge is 2.29. The van der Waals surface area contributed by atoms with Gasteiger partial charge in [0.1, 0.15) is 5.01 Å². The molecule has 0 amide bonds. The van der Waals surface area contributed by atoms with Crippen LogP contribution >= 0.6 is 31.5 Å². The Morgan fingerprint density at radius 2 is 2.03 bits per heavy atom. The highest BCUT2D eigenvalue weighted by molar-refractivity contribution is 7.44. The van der Waals surface area contributed by atoms with Crippen molar-refractivity contribution in [3.05, 3.63) is 81.6 Å². The summed E-state index contributed by atoms with van der Waals surface area (Å²) in [5.74, 6) is 0.202. The van der Waals surface area contributed by atoms with Crippen LogP contribution in [0.15, 0.2) is 70.9 Å². The number of rotatable bonds is 9. The zero-order valence-corrected chi connectivity index (χ0v) is 21.0. The van der Waals surface area contributed by atoms with E-state index in [1.165, 1.54) is 41.3 Å². The summed E-state index contributed by atoms with van der Waals surface area (Å²) in [5.41, 5.74) is 7.73. The van der Waals surface area contributed by atoms with Crippen molar-refractivity contribution in [1.29, 1.82) is 0 Å². The van der Waals surface area contributed by atoms with E-state index in [4.69, 9.17) is 16.6 Å². The van der Waals surface area contributed by atoms with Crippen LogP contribution in [0.2, 0.25) is 5.02 Å². The first-order valence-corrected chi connectivity index (χ1v) is 12.9. The Bertz CT molecular complexity index is 1010. The monoisotopic (exact) mass is 455 g/mol. The van der Waals surface area contributed by atoms with Gasteiger partial charge >= 0.3 is 0 Å². The average Bonchev–Trinajstić information content (AvgIpc) is 3.31. The van der Waals surface area contributed by atoms with Crippen LogP contribution in [0.1, 0.15) is 52.7 Å². The molecule has 0 spiro atoms. The summed E-state index contributed by atoms with van der Waals surface area (Å²) in [7, 11) is 0.759. The van der Waals surface area contributed by atoms with Crippen molar-refractivity contribution in [2.75, 3.05) is 0 Å². The van der Waals surface area contributed by atoms with Crippen molar-refractivity contribution >= 4 is 37.1 Å². The molecule has 1 nitrogen and oxygen atoms in total. The molecule has 0 bridgehead atoms. The predicted octanol–water partition coefficient (Wildman–Crippen LogP) is 9.14. The van der Waals surface area contributed by atoms with Crippen LogP contribution in [0, 0.1) is 5.92 Å². The molecule has 3 atom stereocenters. The number of hydrogen-bond donors (Lipinski definition) is 0. The van der Waals surface area contributed by atoms with Crippen molar-refractivity contribution in [3.63, 3.8) is 0 Å². The van der Waals surface area contributed by atoms with Gasteiger partial charge in [0, 0.05) is 16.9 Å². The van der Waals surface area contributed by atoms with Gasteiger partial charge in [-0.2, -0.15) is 0 Å². The normalized spacial score (nSPS) is 17.6. The van der Waals surface area contributed by atoms with E-state index in [2.05, 4.69) is 52.3 Å². The maximum absolute atomic E-state index is 6.40. The summed E-state index contributed by atoms with van der Waals surface area (Å²) in [6.07, 6.45) is 6.12. The van der Waals surface area contributed by atoms with E-state index in [1.807, 2.05) is 24.3 Å². The number of hydrogen-bond acceptors (Lipinski definition) is 2. The Morgan fingerprint density at radius 1 is 1.30 bits per heavy atom. The molecular formula is C26H31ClNPS. The van der Waals surface area contributed by atoms with Crippen molar-refractivity contribution in [1.82, 2.24) is 4.98 Å². The van der Waals surface area contributed by atoms with Gasteiger partial charge in [-0.3, -0.25) is 0 Å². The third-order valence-electron chi connectivity index (χ3n) is 5.60. The highest BCUT2D eigenvalue weighted by Crippen LogP contribution is 2.48. The Labute approximate surface area is 192 Å². The van der Waals surface area contributed by atoms with E-state index in [-0.39, 0.29) is 5.92 Å². The molecule has 0 N–H and O–H groups in total. The highest BCUT2D eigenvalue weighted by atomic mass is 35.5. The summed E-state index contributed by atoms with van der Waals surface area (Å²) in [5, 5.41) is 5.10. The molecule has 0 saturated carbocycles. The van der Waals surface area contributed by atoms with Gasteiger partial charge in [-0.05, 0) is 54.5 Å². The first-order chi connectivity index (χ1) is 14.3. The molecule has 0 aliphatic heterocycles. The second-order valence-corrected chi connectivity index (χ2v) is 11.3. The molecule has 0 fully saturated rings. The number of halogens is 1. The van der Waals surface area contributed by atoms with Gasteiger partial charge < -0.3 is 0 Å². The summed E-state index contributed by atoms with van der Waals surface area (Å²) in [4.78, 5) is 4.96. The van der Waals surface area contributed by atoms with Crippen LogP contribution in [-0.2, 0) is 0 Å². The van der Waals surface area contributed by atoms with Crippen LogP contribution in [0.3, 0.4) is 0 Å². The number of benzene rings is 1. The molecule has 1 heterocycles. The summed E-state index contributed by atoms with van der Waals surface area (Å²) < 4.78 is 0. The SMILES string of the molecule is C=C(PC(C)CCCC)C1=C(C)C(C(=C)C)C(c2csc(-c3ccccc3Cl)n2)=C1. The lowest BCUT2D eigenvalue weighted by molar-refractivity contribution is 0.711. The van der Waals surface area contributed by atoms with Gasteiger partial charge in [-0.15, -0.1) is 11.3 Å². The van der Waals surface area contributed by atoms with Crippen LogP contribution in [0.5, 0.6) is 0 Å². The summed E-state index contributed by atoms with van der Waals surface area (Å²) >= 11 is 8.04. The van der Waals surface area contributed by atoms with E-state index in [0.717, 1.165) is 35.4 Å². The van der Waals surface area contributed by atoms with E-state index >= 15 is 0 Å². The van der Waals surface area contributed by atoms with Crippen LogP contribution < -0.4 is 0 Å². The molecule has 0 radical (unpaired) electrons. The Morgan fingerprint density at radius 3 is 2.70 bits per heavy atom. The maximum Gasteiger partial charge on any atom is 0.125 e. The lowest BCUT2D eigenvalue weighted by Crippen LogP contribution is -2.04. The number of thiazole rings is 1. The van der Waals surface area contributed by atoms with Crippen molar-refractivity contribution < 1.29 is 0 Å². The minimum atomic E-state index is 0.202. The minimum absolute atomic E-state index is 0.202. The molecule has 0 saturated heterocycles. The van der Waals surface area contributed by atoms with Gasteiger partial charge in [0.15, 0.2) is 0 Å². The minimum Gasteiger partial charge on any atom is -0.236 e.